The Bertz CT molecular complexity index is 101. The van der Waals surface area contributed by atoms with E-state index in [1.807, 2.05) is 5.32 Å². The van der Waals surface area contributed by atoms with Crippen LogP contribution in [0.2, 0.25) is 0 Å². The Morgan fingerprint density at radius 3 is 2.88 bits per heavy atom. The Kier molecular flexibility index (Phi) is 3.30. The quantitative estimate of drug-likeness (QED) is 0.265. The topological polar surface area (TPSA) is 81.9 Å². The van der Waals surface area contributed by atoms with Crippen LogP contribution in [-0.2, 0) is 0 Å². The molecule has 0 bridgehead atoms. The molecule has 0 saturated heterocycles. The number of nitrogens with one attached hydrogen (secondary N) is 1. The van der Waals surface area contributed by atoms with Gasteiger partial charge in [0.15, 0.2) is 0 Å². The van der Waals surface area contributed by atoms with Gasteiger partial charge in [0.2, 0.25) is 0 Å². The fourth-order valence-electron chi connectivity index (χ4n) is 0.174. The molecule has 0 atom stereocenters. The summed E-state index contributed by atoms with van der Waals surface area (Å²) in [7, 11) is 0. The second-order valence-electron chi connectivity index (χ2n) is 0.984. The molecule has 1 amide bonds. The average molecular weight is 118 g/mol. The summed E-state index contributed by atoms with van der Waals surface area (Å²) in [5.74, 6) is 0. The molecule has 0 heterocycles. The Hall–Kier alpha value is -1.26. The van der Waals surface area contributed by atoms with E-state index < -0.39 is 6.09 Å². The molecule has 46 valence electrons. The van der Waals surface area contributed by atoms with E-state index in [0.29, 0.717) is 0 Å². The van der Waals surface area contributed by atoms with Gasteiger partial charge in [-0.05, 0) is 0 Å². The van der Waals surface area contributed by atoms with Crippen molar-refractivity contribution in [2.45, 2.75) is 0 Å². The van der Waals surface area contributed by atoms with Crippen molar-refractivity contribution in [3.05, 3.63) is 0 Å². The fraction of sp³-hybridized carbons (Fsp3) is 0.333. The number of carboxylic acid groups (broad SMARTS) is 1. The molecule has 5 heteroatoms. The van der Waals surface area contributed by atoms with E-state index in [2.05, 4.69) is 5.16 Å². The summed E-state index contributed by atoms with van der Waals surface area (Å²) in [6.07, 6.45) is -0.0985. The van der Waals surface area contributed by atoms with Crippen molar-refractivity contribution < 1.29 is 15.1 Å². The van der Waals surface area contributed by atoms with Crippen molar-refractivity contribution in [2.75, 3.05) is 6.54 Å². The first-order valence-electron chi connectivity index (χ1n) is 1.90. The molecule has 0 radical (unpaired) electrons. The van der Waals surface area contributed by atoms with Crippen molar-refractivity contribution in [1.29, 1.82) is 0 Å². The van der Waals surface area contributed by atoms with Crippen LogP contribution in [0.4, 0.5) is 4.79 Å². The van der Waals surface area contributed by atoms with E-state index in [4.69, 9.17) is 10.3 Å². The predicted molar refractivity (Wildman–Crippen MR) is 26.3 cm³/mol. The molecule has 8 heavy (non-hydrogen) atoms. The summed E-state index contributed by atoms with van der Waals surface area (Å²) in [5.41, 5.74) is 0. The van der Waals surface area contributed by atoms with Gasteiger partial charge in [0.1, 0.15) is 0 Å². The Balaban J connectivity index is 3.05. The zero-order valence-corrected chi connectivity index (χ0v) is 4.03. The summed E-state index contributed by atoms with van der Waals surface area (Å²) >= 11 is 0. The van der Waals surface area contributed by atoms with Crippen molar-refractivity contribution in [3.8, 4) is 0 Å². The molecule has 0 fully saturated rings. The molecule has 5 nitrogen and oxygen atoms in total. The van der Waals surface area contributed by atoms with Gasteiger partial charge in [0.25, 0.3) is 0 Å². The van der Waals surface area contributed by atoms with E-state index in [0.717, 1.165) is 6.21 Å². The molecule has 3 N–H and O–H groups in total. The summed E-state index contributed by atoms with van der Waals surface area (Å²) in [6, 6.07) is 0. The van der Waals surface area contributed by atoms with Crippen LogP contribution in [0, 0.1) is 0 Å². The van der Waals surface area contributed by atoms with Crippen LogP contribution in [0.15, 0.2) is 5.16 Å². The highest BCUT2D eigenvalue weighted by Crippen LogP contribution is 1.56. The van der Waals surface area contributed by atoms with Gasteiger partial charge in [-0.1, -0.05) is 0 Å². The number of hydrogen-bond acceptors (Lipinski definition) is 3. The largest absolute Gasteiger partial charge is 0.465 e. The first kappa shape index (κ1) is 6.74. The van der Waals surface area contributed by atoms with Crippen LogP contribution >= 0.6 is 0 Å². The lowest BCUT2D eigenvalue weighted by molar-refractivity contribution is 0.196. The molecule has 0 aromatic rings. The second-order valence-corrected chi connectivity index (χ2v) is 0.984. The normalized spacial score (nSPS) is 9.50. The minimum absolute atomic E-state index is 0.0336. The van der Waals surface area contributed by atoms with Gasteiger partial charge in [0, 0.05) is 0 Å². The molecular weight excluding hydrogens is 112 g/mol. The summed E-state index contributed by atoms with van der Waals surface area (Å²) < 4.78 is 0. The van der Waals surface area contributed by atoms with Crippen LogP contribution in [0.3, 0.4) is 0 Å². The van der Waals surface area contributed by atoms with Gasteiger partial charge in [0.05, 0.1) is 12.8 Å². The van der Waals surface area contributed by atoms with Gasteiger partial charge in [-0.25, -0.2) is 4.79 Å². The zero-order valence-electron chi connectivity index (χ0n) is 4.03. The number of carbonyl (C=O) groups is 1. The van der Waals surface area contributed by atoms with Crippen LogP contribution in [0.1, 0.15) is 0 Å². The molecular formula is C3H6N2O3. The van der Waals surface area contributed by atoms with Crippen LogP contribution in [0.5, 0.6) is 0 Å². The molecule has 0 rings (SSSR count). The van der Waals surface area contributed by atoms with Gasteiger partial charge < -0.3 is 15.6 Å². The first-order chi connectivity index (χ1) is 3.77. The van der Waals surface area contributed by atoms with E-state index >= 15 is 0 Å². The second kappa shape index (κ2) is 3.91. The highest BCUT2D eigenvalue weighted by Gasteiger charge is 1.86. The van der Waals surface area contributed by atoms with Crippen molar-refractivity contribution in [3.63, 3.8) is 0 Å². The van der Waals surface area contributed by atoms with Crippen LogP contribution < -0.4 is 5.32 Å². The van der Waals surface area contributed by atoms with Crippen molar-refractivity contribution in [1.82, 2.24) is 5.32 Å². The lowest BCUT2D eigenvalue weighted by atomic mass is 10.7. The Morgan fingerprint density at radius 1 is 1.88 bits per heavy atom. The smallest absolute Gasteiger partial charge is 0.404 e. The molecule has 0 aliphatic heterocycles. The number of oxime groups is 1. The number of rotatable bonds is 2. The SMILES string of the molecule is O=C(O)NCC=NO. The van der Waals surface area contributed by atoms with Crippen molar-refractivity contribution >= 4 is 12.3 Å². The lowest BCUT2D eigenvalue weighted by Crippen LogP contribution is -2.22. The third kappa shape index (κ3) is 4.74. The van der Waals surface area contributed by atoms with Crippen LogP contribution in [0.25, 0.3) is 0 Å². The molecule has 0 saturated carbocycles. The van der Waals surface area contributed by atoms with E-state index in [1.54, 1.807) is 0 Å². The van der Waals surface area contributed by atoms with Crippen molar-refractivity contribution in [2.24, 2.45) is 5.16 Å². The minimum Gasteiger partial charge on any atom is -0.465 e. The average Bonchev–Trinajstić information content (AvgIpc) is 1.66. The van der Waals surface area contributed by atoms with E-state index in [9.17, 15) is 4.79 Å². The molecule has 0 aliphatic carbocycles. The summed E-state index contributed by atoms with van der Waals surface area (Å²) in [5, 5.41) is 20.1. The van der Waals surface area contributed by atoms with E-state index in [-0.39, 0.29) is 6.54 Å². The number of nitrogens with zero attached hydrogens (tertiary/aromatic N) is 1. The molecule has 0 spiro atoms. The predicted octanol–water partition coefficient (Wildman–Crippen LogP) is -0.286. The third-order valence-electron chi connectivity index (χ3n) is 0.426. The highest BCUT2D eigenvalue weighted by atomic mass is 16.4. The Labute approximate surface area is 45.6 Å². The maximum absolute atomic E-state index is 9.62. The summed E-state index contributed by atoms with van der Waals surface area (Å²) in [6.45, 7) is 0.0336. The van der Waals surface area contributed by atoms with E-state index in [1.165, 1.54) is 0 Å². The molecule has 0 aromatic heterocycles. The number of amides is 1. The monoisotopic (exact) mass is 118 g/mol. The van der Waals surface area contributed by atoms with Gasteiger partial charge in [-0.3, -0.25) is 0 Å². The van der Waals surface area contributed by atoms with Gasteiger partial charge in [-0.15, -0.1) is 5.16 Å². The Morgan fingerprint density at radius 2 is 2.50 bits per heavy atom. The van der Waals surface area contributed by atoms with Crippen LogP contribution in [-0.4, -0.2) is 29.2 Å². The summed E-state index contributed by atoms with van der Waals surface area (Å²) in [4.78, 5) is 9.62. The minimum atomic E-state index is -1.13. The lowest BCUT2D eigenvalue weighted by Gasteiger charge is -1.88. The molecule has 0 unspecified atom stereocenters. The fourth-order valence-corrected chi connectivity index (χ4v) is 0.174. The zero-order chi connectivity index (χ0) is 6.41. The third-order valence-corrected chi connectivity index (χ3v) is 0.426. The maximum atomic E-state index is 9.62. The molecule has 0 aromatic carbocycles. The molecule has 0 aliphatic rings. The maximum Gasteiger partial charge on any atom is 0.404 e. The van der Waals surface area contributed by atoms with Gasteiger partial charge in [-0.2, -0.15) is 0 Å². The standard InChI is InChI=1S/C3H6N2O3/c6-3(7)4-1-2-5-8/h2,4,8H,1H2,(H,6,7). The van der Waals surface area contributed by atoms with Gasteiger partial charge >= 0.3 is 6.09 Å². The number of hydrogen-bond donors (Lipinski definition) is 3. The highest BCUT2D eigenvalue weighted by molar-refractivity contribution is 5.70. The first-order valence-corrected chi connectivity index (χ1v) is 1.90.